The molecule has 17 heavy (non-hydrogen) atoms. The maximum absolute atomic E-state index is 11.5. The summed E-state index contributed by atoms with van der Waals surface area (Å²) >= 11 is 0. The van der Waals surface area contributed by atoms with Crippen molar-refractivity contribution in [2.45, 2.75) is 24.9 Å². The number of aliphatic carboxylic acids is 1. The van der Waals surface area contributed by atoms with Crippen molar-refractivity contribution < 1.29 is 19.4 Å². The van der Waals surface area contributed by atoms with Gasteiger partial charge in [-0.2, -0.15) is 0 Å². The number of carbonyl (C=O) groups excluding carboxylic acids is 1. The number of nitrogens with zero attached hydrogens (tertiary/aromatic N) is 2. The maximum atomic E-state index is 11.5. The molecule has 2 saturated heterocycles. The van der Waals surface area contributed by atoms with Crippen molar-refractivity contribution in [3.05, 3.63) is 0 Å². The largest absolute Gasteiger partial charge is 0.480 e. The fraction of sp³-hybridized carbons (Fsp3) is 0.818. The highest BCUT2D eigenvalue weighted by Crippen LogP contribution is 2.23. The molecule has 2 unspecified atom stereocenters. The molecule has 1 N–H and O–H groups in total. The summed E-state index contributed by atoms with van der Waals surface area (Å²) in [5.41, 5.74) is 0. The molecule has 0 radical (unpaired) electrons. The summed E-state index contributed by atoms with van der Waals surface area (Å²) in [6.07, 6.45) is 1.44. The Morgan fingerprint density at radius 3 is 3.00 bits per heavy atom. The third-order valence-corrected chi connectivity index (χ3v) is 3.58. The van der Waals surface area contributed by atoms with Crippen LogP contribution in [0.1, 0.15) is 12.8 Å². The Balaban J connectivity index is 1.99. The second-order valence-corrected chi connectivity index (χ2v) is 4.58. The van der Waals surface area contributed by atoms with E-state index in [2.05, 4.69) is 0 Å². The first-order valence-electron chi connectivity index (χ1n) is 5.88. The summed E-state index contributed by atoms with van der Waals surface area (Å²) in [5.74, 6) is -0.655. The van der Waals surface area contributed by atoms with Gasteiger partial charge in [0, 0.05) is 39.2 Å². The number of carboxylic acids is 1. The number of amides is 1. The Morgan fingerprint density at radius 2 is 2.35 bits per heavy atom. The molecule has 2 heterocycles. The summed E-state index contributed by atoms with van der Waals surface area (Å²) in [4.78, 5) is 26.4. The zero-order valence-electron chi connectivity index (χ0n) is 9.96. The summed E-state index contributed by atoms with van der Waals surface area (Å²) < 4.78 is 4.95. The number of rotatable bonds is 4. The lowest BCUT2D eigenvalue weighted by molar-refractivity contribution is -0.147. The van der Waals surface area contributed by atoms with Crippen molar-refractivity contribution in [2.24, 2.45) is 0 Å². The van der Waals surface area contributed by atoms with E-state index >= 15 is 0 Å². The predicted octanol–water partition coefficient (Wildman–Crippen LogP) is -0.607. The zero-order valence-corrected chi connectivity index (χ0v) is 9.96. The highest BCUT2D eigenvalue weighted by atomic mass is 16.5. The number of methoxy groups -OCH3 is 1. The maximum Gasteiger partial charge on any atom is 0.323 e. The van der Waals surface area contributed by atoms with E-state index in [1.54, 1.807) is 0 Å². The van der Waals surface area contributed by atoms with Crippen LogP contribution in [0.25, 0.3) is 0 Å². The topological polar surface area (TPSA) is 70.1 Å². The molecule has 0 aromatic carbocycles. The molecule has 0 spiro atoms. The molecule has 2 atom stereocenters. The molecule has 1 amide bonds. The summed E-state index contributed by atoms with van der Waals surface area (Å²) in [7, 11) is 1.51. The van der Waals surface area contributed by atoms with Crippen LogP contribution in [0.4, 0.5) is 0 Å². The van der Waals surface area contributed by atoms with Crippen molar-refractivity contribution in [3.8, 4) is 0 Å². The number of ether oxygens (including phenoxy) is 1. The van der Waals surface area contributed by atoms with E-state index in [0.717, 1.165) is 6.42 Å². The normalized spacial score (nSPS) is 27.0. The minimum Gasteiger partial charge on any atom is -0.480 e. The van der Waals surface area contributed by atoms with E-state index in [1.165, 1.54) is 7.11 Å². The van der Waals surface area contributed by atoms with Crippen LogP contribution in [-0.4, -0.2) is 72.2 Å². The number of carbonyl (C=O) groups is 2. The molecule has 2 rings (SSSR count). The fourth-order valence-corrected chi connectivity index (χ4v) is 2.66. The van der Waals surface area contributed by atoms with Crippen LogP contribution in [-0.2, 0) is 14.3 Å². The molecule has 6 heteroatoms. The Kier molecular flexibility index (Phi) is 3.63. The molecule has 2 aliphatic heterocycles. The van der Waals surface area contributed by atoms with Crippen molar-refractivity contribution in [2.75, 3.05) is 33.4 Å². The van der Waals surface area contributed by atoms with Gasteiger partial charge in [-0.1, -0.05) is 0 Å². The van der Waals surface area contributed by atoms with E-state index in [0.29, 0.717) is 26.1 Å². The SMILES string of the molecule is COCC(C(=O)O)N1CCN2C(=O)CCC2C1. The molecule has 2 aliphatic rings. The first-order valence-corrected chi connectivity index (χ1v) is 5.88. The van der Waals surface area contributed by atoms with Crippen LogP contribution in [0.5, 0.6) is 0 Å². The number of fused-ring (bicyclic) bond motifs is 1. The summed E-state index contributed by atoms with van der Waals surface area (Å²) in [5, 5.41) is 9.15. The van der Waals surface area contributed by atoms with Crippen LogP contribution in [0, 0.1) is 0 Å². The minimum absolute atomic E-state index is 0.190. The first kappa shape index (κ1) is 12.3. The number of carboxylic acid groups (broad SMARTS) is 1. The average Bonchev–Trinajstić information content (AvgIpc) is 2.67. The van der Waals surface area contributed by atoms with Crippen LogP contribution >= 0.6 is 0 Å². The van der Waals surface area contributed by atoms with Crippen molar-refractivity contribution in [1.29, 1.82) is 0 Å². The van der Waals surface area contributed by atoms with E-state index in [1.807, 2.05) is 9.80 Å². The van der Waals surface area contributed by atoms with E-state index in [4.69, 9.17) is 9.84 Å². The smallest absolute Gasteiger partial charge is 0.323 e. The first-order chi connectivity index (χ1) is 8.13. The highest BCUT2D eigenvalue weighted by molar-refractivity contribution is 5.79. The Morgan fingerprint density at radius 1 is 1.59 bits per heavy atom. The molecule has 6 nitrogen and oxygen atoms in total. The van der Waals surface area contributed by atoms with Crippen molar-refractivity contribution in [1.82, 2.24) is 9.80 Å². The van der Waals surface area contributed by atoms with E-state index in [9.17, 15) is 9.59 Å². The van der Waals surface area contributed by atoms with E-state index < -0.39 is 12.0 Å². The predicted molar refractivity (Wildman–Crippen MR) is 59.6 cm³/mol. The third-order valence-electron chi connectivity index (χ3n) is 3.58. The molecule has 96 valence electrons. The summed E-state index contributed by atoms with van der Waals surface area (Å²) in [6, 6.07) is -0.409. The standard InChI is InChI=1S/C11H18N2O4/c1-17-7-9(11(15)16)12-4-5-13-8(6-12)2-3-10(13)14/h8-9H,2-7H2,1H3,(H,15,16). The molecule has 0 bridgehead atoms. The summed E-state index contributed by atoms with van der Waals surface area (Å²) in [6.45, 7) is 2.08. The number of piperazine rings is 1. The molecular weight excluding hydrogens is 224 g/mol. The van der Waals surface area contributed by atoms with Gasteiger partial charge in [-0.3, -0.25) is 14.5 Å². The van der Waals surface area contributed by atoms with Crippen LogP contribution < -0.4 is 0 Å². The third kappa shape index (κ3) is 2.42. The molecule has 0 saturated carbocycles. The van der Waals surface area contributed by atoms with E-state index in [-0.39, 0.29) is 18.6 Å². The Labute approximate surface area is 100 Å². The molecular formula is C11H18N2O4. The lowest BCUT2D eigenvalue weighted by Crippen LogP contribution is -2.57. The fourth-order valence-electron chi connectivity index (χ4n) is 2.66. The minimum atomic E-state index is -0.857. The lowest BCUT2D eigenvalue weighted by Gasteiger charge is -2.39. The molecule has 2 fully saturated rings. The van der Waals surface area contributed by atoms with Gasteiger partial charge < -0.3 is 14.7 Å². The van der Waals surface area contributed by atoms with Crippen molar-refractivity contribution >= 4 is 11.9 Å². The zero-order chi connectivity index (χ0) is 12.4. The molecule has 0 aromatic heterocycles. The monoisotopic (exact) mass is 242 g/mol. The molecule has 0 aliphatic carbocycles. The highest BCUT2D eigenvalue weighted by Gasteiger charge is 2.38. The van der Waals surface area contributed by atoms with Gasteiger partial charge in [0.2, 0.25) is 5.91 Å². The second kappa shape index (κ2) is 5.01. The van der Waals surface area contributed by atoms with Gasteiger partial charge in [0.1, 0.15) is 6.04 Å². The van der Waals surface area contributed by atoms with Gasteiger partial charge in [-0.05, 0) is 6.42 Å². The Hall–Kier alpha value is -1.14. The average molecular weight is 242 g/mol. The van der Waals surface area contributed by atoms with Crippen molar-refractivity contribution in [3.63, 3.8) is 0 Å². The van der Waals surface area contributed by atoms with Gasteiger partial charge in [-0.25, -0.2) is 0 Å². The van der Waals surface area contributed by atoms with Gasteiger partial charge in [0.05, 0.1) is 6.61 Å². The number of hydrogen-bond donors (Lipinski definition) is 1. The van der Waals surface area contributed by atoms with Crippen LogP contribution in [0.2, 0.25) is 0 Å². The van der Waals surface area contributed by atoms with Crippen LogP contribution in [0.15, 0.2) is 0 Å². The van der Waals surface area contributed by atoms with Gasteiger partial charge in [0.25, 0.3) is 0 Å². The molecule has 0 aromatic rings. The quantitative estimate of drug-likeness (QED) is 0.712. The van der Waals surface area contributed by atoms with Crippen LogP contribution in [0.3, 0.4) is 0 Å². The van der Waals surface area contributed by atoms with Gasteiger partial charge in [-0.15, -0.1) is 0 Å². The second-order valence-electron chi connectivity index (χ2n) is 4.58. The number of hydrogen-bond acceptors (Lipinski definition) is 4. The lowest BCUT2D eigenvalue weighted by atomic mass is 10.1. The Bertz CT molecular complexity index is 321. The van der Waals surface area contributed by atoms with Gasteiger partial charge >= 0.3 is 5.97 Å². The van der Waals surface area contributed by atoms with Gasteiger partial charge in [0.15, 0.2) is 0 Å².